The molecule has 0 heterocycles. The number of carboxylic acids is 1. The molecule has 0 spiro atoms. The molecule has 0 saturated carbocycles. The number of hydrogen-bond donors (Lipinski definition) is 2. The van der Waals surface area contributed by atoms with E-state index in [1.165, 1.54) is 0 Å². The van der Waals surface area contributed by atoms with E-state index in [0.29, 0.717) is 19.8 Å². The standard InChI is InChI=1S/C15H29NO5/c1-6-14(2,3)10-21-11-15(4,5)9-16-12(17)7-20-8-13(18)19/h6-11H2,1-5H3,(H,16,17)(H,18,19). The van der Waals surface area contributed by atoms with E-state index in [9.17, 15) is 9.59 Å². The molecule has 0 atom stereocenters. The average Bonchev–Trinajstić information content (AvgIpc) is 2.35. The Morgan fingerprint density at radius 1 is 1.00 bits per heavy atom. The number of nitrogens with one attached hydrogen (secondary N) is 1. The minimum Gasteiger partial charge on any atom is -0.480 e. The molecule has 6 heteroatoms. The van der Waals surface area contributed by atoms with Gasteiger partial charge in [0, 0.05) is 12.0 Å². The molecule has 124 valence electrons. The quantitative estimate of drug-likeness (QED) is 0.606. The van der Waals surface area contributed by atoms with Gasteiger partial charge in [-0.1, -0.05) is 34.6 Å². The van der Waals surface area contributed by atoms with E-state index in [2.05, 4.69) is 26.1 Å². The lowest BCUT2D eigenvalue weighted by molar-refractivity contribution is -0.143. The van der Waals surface area contributed by atoms with Gasteiger partial charge in [0.2, 0.25) is 5.91 Å². The summed E-state index contributed by atoms with van der Waals surface area (Å²) < 4.78 is 10.5. The molecule has 0 aromatic carbocycles. The van der Waals surface area contributed by atoms with Crippen molar-refractivity contribution in [3.63, 3.8) is 0 Å². The van der Waals surface area contributed by atoms with Crippen molar-refractivity contribution < 1.29 is 24.2 Å². The van der Waals surface area contributed by atoms with Crippen LogP contribution >= 0.6 is 0 Å². The van der Waals surface area contributed by atoms with Crippen molar-refractivity contribution in [3.05, 3.63) is 0 Å². The van der Waals surface area contributed by atoms with Gasteiger partial charge >= 0.3 is 5.97 Å². The van der Waals surface area contributed by atoms with Gasteiger partial charge in [-0.15, -0.1) is 0 Å². The topological polar surface area (TPSA) is 84.9 Å². The van der Waals surface area contributed by atoms with Crippen molar-refractivity contribution in [2.45, 2.75) is 41.0 Å². The van der Waals surface area contributed by atoms with Crippen LogP contribution in [0.3, 0.4) is 0 Å². The number of carboxylic acid groups (broad SMARTS) is 1. The Bertz CT molecular complexity index is 339. The van der Waals surface area contributed by atoms with Crippen LogP contribution in [0, 0.1) is 10.8 Å². The molecule has 0 aliphatic heterocycles. The normalized spacial score (nSPS) is 12.2. The zero-order chi connectivity index (χ0) is 16.5. The zero-order valence-electron chi connectivity index (χ0n) is 13.8. The highest BCUT2D eigenvalue weighted by Gasteiger charge is 2.22. The highest BCUT2D eigenvalue weighted by molar-refractivity contribution is 5.77. The summed E-state index contributed by atoms with van der Waals surface area (Å²) in [5.74, 6) is -1.41. The lowest BCUT2D eigenvalue weighted by atomic mass is 9.91. The lowest BCUT2D eigenvalue weighted by Gasteiger charge is -2.28. The van der Waals surface area contributed by atoms with Crippen LogP contribution in [0.2, 0.25) is 0 Å². The number of rotatable bonds is 11. The number of hydrogen-bond acceptors (Lipinski definition) is 4. The van der Waals surface area contributed by atoms with Gasteiger partial charge in [-0.25, -0.2) is 4.79 Å². The number of carbonyl (C=O) groups excluding carboxylic acids is 1. The molecule has 0 aromatic heterocycles. The van der Waals surface area contributed by atoms with Gasteiger partial charge in [-0.3, -0.25) is 4.79 Å². The summed E-state index contributed by atoms with van der Waals surface area (Å²) in [5.41, 5.74) is -0.0315. The van der Waals surface area contributed by atoms with E-state index in [-0.39, 0.29) is 23.3 Å². The Labute approximate surface area is 127 Å². The molecule has 21 heavy (non-hydrogen) atoms. The van der Waals surface area contributed by atoms with E-state index >= 15 is 0 Å². The number of amides is 1. The number of carbonyl (C=O) groups is 2. The van der Waals surface area contributed by atoms with Crippen LogP contribution in [0.4, 0.5) is 0 Å². The van der Waals surface area contributed by atoms with Crippen LogP contribution in [-0.4, -0.2) is 50.0 Å². The SMILES string of the molecule is CCC(C)(C)COCC(C)(C)CNC(=O)COCC(=O)O. The fourth-order valence-electron chi connectivity index (χ4n) is 1.38. The van der Waals surface area contributed by atoms with Crippen LogP contribution in [0.5, 0.6) is 0 Å². The van der Waals surface area contributed by atoms with Gasteiger partial charge in [0.05, 0.1) is 13.2 Å². The van der Waals surface area contributed by atoms with Crippen LogP contribution in [-0.2, 0) is 19.1 Å². The molecule has 0 saturated heterocycles. The first-order valence-electron chi connectivity index (χ1n) is 7.22. The van der Waals surface area contributed by atoms with Crippen LogP contribution in [0.25, 0.3) is 0 Å². The van der Waals surface area contributed by atoms with Crippen LogP contribution < -0.4 is 5.32 Å². The third kappa shape index (κ3) is 11.2. The molecule has 0 fully saturated rings. The summed E-state index contributed by atoms with van der Waals surface area (Å²) in [5, 5.41) is 11.1. The fraction of sp³-hybridized carbons (Fsp3) is 0.867. The Balaban J connectivity index is 3.90. The van der Waals surface area contributed by atoms with Crippen molar-refractivity contribution in [2.75, 3.05) is 33.0 Å². The maximum absolute atomic E-state index is 11.5. The molecule has 6 nitrogen and oxygen atoms in total. The Morgan fingerprint density at radius 3 is 2.10 bits per heavy atom. The van der Waals surface area contributed by atoms with Gasteiger partial charge < -0.3 is 19.9 Å². The third-order valence-corrected chi connectivity index (χ3v) is 3.17. The molecule has 0 aromatic rings. The maximum atomic E-state index is 11.5. The van der Waals surface area contributed by atoms with E-state index in [0.717, 1.165) is 6.42 Å². The fourth-order valence-corrected chi connectivity index (χ4v) is 1.38. The molecule has 1 amide bonds. The first-order valence-corrected chi connectivity index (χ1v) is 7.22. The van der Waals surface area contributed by atoms with Crippen molar-refractivity contribution >= 4 is 11.9 Å². The van der Waals surface area contributed by atoms with Crippen molar-refractivity contribution in [2.24, 2.45) is 10.8 Å². The Hall–Kier alpha value is -1.14. The van der Waals surface area contributed by atoms with Gasteiger partial charge in [0.1, 0.15) is 13.2 Å². The Morgan fingerprint density at radius 2 is 1.57 bits per heavy atom. The molecule has 2 N–H and O–H groups in total. The monoisotopic (exact) mass is 303 g/mol. The highest BCUT2D eigenvalue weighted by atomic mass is 16.5. The van der Waals surface area contributed by atoms with Crippen molar-refractivity contribution in [3.8, 4) is 0 Å². The summed E-state index contributed by atoms with van der Waals surface area (Å²) in [7, 11) is 0. The average molecular weight is 303 g/mol. The van der Waals surface area contributed by atoms with E-state index in [4.69, 9.17) is 14.6 Å². The molecule has 0 aliphatic carbocycles. The molecule has 0 bridgehead atoms. The van der Waals surface area contributed by atoms with E-state index in [1.807, 2.05) is 13.8 Å². The van der Waals surface area contributed by atoms with Crippen molar-refractivity contribution in [1.29, 1.82) is 0 Å². The largest absolute Gasteiger partial charge is 0.480 e. The van der Waals surface area contributed by atoms with Crippen LogP contribution in [0.15, 0.2) is 0 Å². The molecule has 0 unspecified atom stereocenters. The summed E-state index contributed by atoms with van der Waals surface area (Å²) in [6, 6.07) is 0. The second-order valence-electron chi connectivity index (χ2n) is 6.84. The second-order valence-corrected chi connectivity index (χ2v) is 6.84. The predicted octanol–water partition coefficient (Wildman–Crippen LogP) is 1.68. The Kier molecular flexibility index (Phi) is 8.51. The van der Waals surface area contributed by atoms with Gasteiger partial charge in [-0.05, 0) is 11.8 Å². The van der Waals surface area contributed by atoms with Gasteiger partial charge in [0.25, 0.3) is 0 Å². The molecule has 0 radical (unpaired) electrons. The minimum atomic E-state index is -1.09. The minimum absolute atomic E-state index is 0.157. The maximum Gasteiger partial charge on any atom is 0.329 e. The summed E-state index contributed by atoms with van der Waals surface area (Å²) in [4.78, 5) is 21.7. The van der Waals surface area contributed by atoms with E-state index < -0.39 is 12.6 Å². The zero-order valence-corrected chi connectivity index (χ0v) is 13.8. The van der Waals surface area contributed by atoms with E-state index in [1.54, 1.807) is 0 Å². The van der Waals surface area contributed by atoms with Crippen molar-refractivity contribution in [1.82, 2.24) is 5.32 Å². The molecular formula is C15H29NO5. The van der Waals surface area contributed by atoms with Gasteiger partial charge in [-0.2, -0.15) is 0 Å². The van der Waals surface area contributed by atoms with Crippen LogP contribution in [0.1, 0.15) is 41.0 Å². The summed E-state index contributed by atoms with van der Waals surface area (Å²) in [6.45, 7) is 11.4. The lowest BCUT2D eigenvalue weighted by Crippen LogP contribution is -2.39. The summed E-state index contributed by atoms with van der Waals surface area (Å²) >= 11 is 0. The molecule has 0 aliphatic rings. The van der Waals surface area contributed by atoms with Gasteiger partial charge in [0.15, 0.2) is 0 Å². The summed E-state index contributed by atoms with van der Waals surface area (Å²) in [6.07, 6.45) is 1.05. The highest BCUT2D eigenvalue weighted by Crippen LogP contribution is 2.22. The third-order valence-electron chi connectivity index (χ3n) is 3.17. The smallest absolute Gasteiger partial charge is 0.329 e. The molecular weight excluding hydrogens is 274 g/mol. The second kappa shape index (κ2) is 9.00. The number of ether oxygens (including phenoxy) is 2. The molecule has 0 rings (SSSR count). The number of aliphatic carboxylic acids is 1. The predicted molar refractivity (Wildman–Crippen MR) is 80.1 cm³/mol. The first-order chi connectivity index (χ1) is 9.58. The first kappa shape index (κ1) is 19.9.